The lowest BCUT2D eigenvalue weighted by molar-refractivity contribution is -0.137. The molecule has 0 aliphatic heterocycles. The standard InChI is InChI=1S/C17H13F3N2O/c1-2-23-15-5-3-4-12(9-15)8-13(10-21)16-7-6-14(11-22-16)17(18,19)20/h3-9,11H,2H2,1H3/b13-8-. The third-order valence-electron chi connectivity index (χ3n) is 2.97. The Hall–Kier alpha value is -2.81. The number of alkyl halides is 3. The largest absolute Gasteiger partial charge is 0.494 e. The molecule has 3 nitrogen and oxygen atoms in total. The molecule has 0 amide bonds. The Kier molecular flexibility index (Phi) is 5.02. The van der Waals surface area contributed by atoms with Crippen LogP contribution >= 0.6 is 0 Å². The summed E-state index contributed by atoms with van der Waals surface area (Å²) in [5.41, 5.74) is 0.209. The molecule has 0 aliphatic carbocycles. The van der Waals surface area contributed by atoms with E-state index >= 15 is 0 Å². The van der Waals surface area contributed by atoms with Crippen LogP contribution in [0, 0.1) is 11.3 Å². The summed E-state index contributed by atoms with van der Waals surface area (Å²) in [5, 5.41) is 9.23. The van der Waals surface area contributed by atoms with Crippen molar-refractivity contribution in [3.63, 3.8) is 0 Å². The molecule has 0 spiro atoms. The van der Waals surface area contributed by atoms with E-state index in [1.165, 1.54) is 6.07 Å². The molecular weight excluding hydrogens is 305 g/mol. The van der Waals surface area contributed by atoms with E-state index in [0.29, 0.717) is 17.9 Å². The molecule has 0 saturated carbocycles. The molecule has 0 unspecified atom stereocenters. The fourth-order valence-electron chi connectivity index (χ4n) is 1.91. The molecule has 0 N–H and O–H groups in total. The van der Waals surface area contributed by atoms with Gasteiger partial charge in [0.2, 0.25) is 0 Å². The number of halogens is 3. The Balaban J connectivity index is 2.32. The van der Waals surface area contributed by atoms with E-state index in [9.17, 15) is 18.4 Å². The molecular formula is C17H13F3N2O. The lowest BCUT2D eigenvalue weighted by Gasteiger charge is -2.07. The summed E-state index contributed by atoms with van der Waals surface area (Å²) in [5.74, 6) is 0.652. The summed E-state index contributed by atoms with van der Waals surface area (Å²) >= 11 is 0. The molecule has 1 aromatic carbocycles. The number of ether oxygens (including phenoxy) is 1. The average Bonchev–Trinajstić information content (AvgIpc) is 2.53. The first kappa shape index (κ1) is 16.6. The predicted molar refractivity (Wildman–Crippen MR) is 80.3 cm³/mol. The topological polar surface area (TPSA) is 45.9 Å². The van der Waals surface area contributed by atoms with Gasteiger partial charge in [0.15, 0.2) is 0 Å². The number of allylic oxidation sites excluding steroid dienone is 1. The van der Waals surface area contributed by atoms with Crippen LogP contribution in [0.4, 0.5) is 13.2 Å². The highest BCUT2D eigenvalue weighted by atomic mass is 19.4. The van der Waals surface area contributed by atoms with Crippen LogP contribution in [-0.2, 0) is 6.18 Å². The van der Waals surface area contributed by atoms with E-state index in [2.05, 4.69) is 4.98 Å². The lowest BCUT2D eigenvalue weighted by Crippen LogP contribution is -2.05. The van der Waals surface area contributed by atoms with Gasteiger partial charge >= 0.3 is 6.18 Å². The molecule has 0 atom stereocenters. The molecule has 0 fully saturated rings. The van der Waals surface area contributed by atoms with Gasteiger partial charge in [-0.1, -0.05) is 12.1 Å². The van der Waals surface area contributed by atoms with Gasteiger partial charge in [-0.15, -0.1) is 0 Å². The van der Waals surface area contributed by atoms with E-state index in [1.54, 1.807) is 30.3 Å². The number of hydrogen-bond acceptors (Lipinski definition) is 3. The summed E-state index contributed by atoms with van der Waals surface area (Å²) in [6, 6.07) is 11.1. The normalized spacial score (nSPS) is 11.9. The van der Waals surface area contributed by atoms with Crippen molar-refractivity contribution >= 4 is 11.6 Å². The first-order chi connectivity index (χ1) is 10.9. The van der Waals surface area contributed by atoms with Crippen molar-refractivity contribution < 1.29 is 17.9 Å². The Bertz CT molecular complexity index is 744. The van der Waals surface area contributed by atoms with Gasteiger partial charge in [0.05, 0.1) is 23.4 Å². The van der Waals surface area contributed by atoms with E-state index < -0.39 is 11.7 Å². The number of benzene rings is 1. The fraction of sp³-hybridized carbons (Fsp3) is 0.176. The number of pyridine rings is 1. The molecule has 0 saturated heterocycles. The summed E-state index contributed by atoms with van der Waals surface area (Å²) in [7, 11) is 0. The highest BCUT2D eigenvalue weighted by Gasteiger charge is 2.30. The maximum atomic E-state index is 12.5. The van der Waals surface area contributed by atoms with E-state index in [4.69, 9.17) is 4.74 Å². The Morgan fingerprint density at radius 3 is 2.65 bits per heavy atom. The second-order valence-electron chi connectivity index (χ2n) is 4.61. The summed E-state index contributed by atoms with van der Waals surface area (Å²) in [4.78, 5) is 3.73. The summed E-state index contributed by atoms with van der Waals surface area (Å²) in [6.07, 6.45) is -2.18. The lowest BCUT2D eigenvalue weighted by atomic mass is 10.1. The number of aromatic nitrogens is 1. The van der Waals surface area contributed by atoms with Crippen molar-refractivity contribution in [2.45, 2.75) is 13.1 Å². The average molecular weight is 318 g/mol. The zero-order chi connectivity index (χ0) is 16.9. The van der Waals surface area contributed by atoms with E-state index in [1.807, 2.05) is 13.0 Å². The molecule has 23 heavy (non-hydrogen) atoms. The van der Waals surface area contributed by atoms with Crippen LogP contribution in [0.3, 0.4) is 0 Å². The third kappa shape index (κ3) is 4.33. The monoisotopic (exact) mass is 318 g/mol. The first-order valence-corrected chi connectivity index (χ1v) is 6.82. The van der Waals surface area contributed by atoms with Crippen molar-refractivity contribution in [1.82, 2.24) is 4.98 Å². The minimum atomic E-state index is -4.45. The van der Waals surface area contributed by atoms with Gasteiger partial charge in [-0.3, -0.25) is 4.98 Å². The van der Waals surface area contributed by atoms with Crippen molar-refractivity contribution in [2.24, 2.45) is 0 Å². The van der Waals surface area contributed by atoms with E-state index in [0.717, 1.165) is 12.3 Å². The molecule has 2 aromatic rings. The van der Waals surface area contributed by atoms with Crippen LogP contribution in [0.25, 0.3) is 11.6 Å². The molecule has 118 valence electrons. The third-order valence-corrected chi connectivity index (χ3v) is 2.97. The molecule has 6 heteroatoms. The number of rotatable bonds is 4. The minimum Gasteiger partial charge on any atom is -0.494 e. The second kappa shape index (κ2) is 6.97. The van der Waals surface area contributed by atoms with Gasteiger partial charge in [-0.2, -0.15) is 18.4 Å². The van der Waals surface area contributed by atoms with Crippen LogP contribution in [0.15, 0.2) is 42.6 Å². The quantitative estimate of drug-likeness (QED) is 0.776. The first-order valence-electron chi connectivity index (χ1n) is 6.82. The zero-order valence-corrected chi connectivity index (χ0v) is 12.3. The maximum Gasteiger partial charge on any atom is 0.417 e. The van der Waals surface area contributed by atoms with Crippen LogP contribution < -0.4 is 4.74 Å². The minimum absolute atomic E-state index is 0.173. The number of nitriles is 1. The van der Waals surface area contributed by atoms with Crippen LogP contribution in [0.1, 0.15) is 23.7 Å². The van der Waals surface area contributed by atoms with Gasteiger partial charge in [0.25, 0.3) is 0 Å². The predicted octanol–water partition coefficient (Wildman–Crippen LogP) is 4.56. The highest BCUT2D eigenvalue weighted by Crippen LogP contribution is 2.29. The molecule has 2 rings (SSSR count). The highest BCUT2D eigenvalue weighted by molar-refractivity contribution is 5.88. The zero-order valence-electron chi connectivity index (χ0n) is 12.3. The Morgan fingerprint density at radius 2 is 2.09 bits per heavy atom. The van der Waals surface area contributed by atoms with Crippen LogP contribution in [0.5, 0.6) is 5.75 Å². The van der Waals surface area contributed by atoms with Gasteiger partial charge in [0.1, 0.15) is 11.8 Å². The molecule has 1 aromatic heterocycles. The number of nitrogens with zero attached hydrogens (tertiary/aromatic N) is 2. The van der Waals surface area contributed by atoms with Crippen LogP contribution in [-0.4, -0.2) is 11.6 Å². The Labute approximate surface area is 131 Å². The Morgan fingerprint density at radius 1 is 1.30 bits per heavy atom. The summed E-state index contributed by atoms with van der Waals surface area (Å²) < 4.78 is 43.0. The fourth-order valence-corrected chi connectivity index (χ4v) is 1.91. The smallest absolute Gasteiger partial charge is 0.417 e. The van der Waals surface area contributed by atoms with Gasteiger partial charge in [-0.25, -0.2) is 0 Å². The second-order valence-corrected chi connectivity index (χ2v) is 4.61. The molecule has 0 bridgehead atoms. The molecule has 0 aliphatic rings. The van der Waals surface area contributed by atoms with Gasteiger partial charge < -0.3 is 4.74 Å². The molecule has 0 radical (unpaired) electrons. The van der Waals surface area contributed by atoms with Gasteiger partial charge in [0, 0.05) is 6.20 Å². The van der Waals surface area contributed by atoms with Crippen molar-refractivity contribution in [2.75, 3.05) is 6.61 Å². The van der Waals surface area contributed by atoms with Gasteiger partial charge in [-0.05, 0) is 42.8 Å². The maximum absolute atomic E-state index is 12.5. The van der Waals surface area contributed by atoms with E-state index in [-0.39, 0.29) is 11.3 Å². The number of hydrogen-bond donors (Lipinski definition) is 0. The SMILES string of the molecule is CCOc1cccc(/C=C(/C#N)c2ccc(C(F)(F)F)cn2)c1. The van der Waals surface area contributed by atoms with Crippen molar-refractivity contribution in [3.8, 4) is 11.8 Å². The summed E-state index contributed by atoms with van der Waals surface area (Å²) in [6.45, 7) is 2.37. The molecule has 1 heterocycles. The van der Waals surface area contributed by atoms with Crippen LogP contribution in [0.2, 0.25) is 0 Å². The van der Waals surface area contributed by atoms with Crippen molar-refractivity contribution in [3.05, 3.63) is 59.4 Å². The van der Waals surface area contributed by atoms with Crippen molar-refractivity contribution in [1.29, 1.82) is 5.26 Å².